The normalized spacial score (nSPS) is 7.23. The Morgan fingerprint density at radius 2 is 2.08 bits per heavy atom. The van der Waals surface area contributed by atoms with Crippen LogP contribution in [0.5, 0.6) is 0 Å². The minimum atomic E-state index is 0. The second kappa shape index (κ2) is 9.90. The smallest absolute Gasteiger partial charge is 0.0292 e. The molecular formula is C11H13NY-2. The maximum atomic E-state index is 7.56. The van der Waals surface area contributed by atoms with Crippen molar-refractivity contribution in [1.82, 2.24) is 0 Å². The fraction of sp³-hybridized carbons (Fsp3) is 0.273. The number of hydrogen-bond acceptors (Lipinski definition) is 1. The zero-order valence-electron chi connectivity index (χ0n) is 8.17. The Morgan fingerprint density at radius 3 is 2.31 bits per heavy atom. The van der Waals surface area contributed by atoms with Gasteiger partial charge in [-0.2, -0.15) is 35.4 Å². The van der Waals surface area contributed by atoms with Gasteiger partial charge in [0.2, 0.25) is 0 Å². The summed E-state index contributed by atoms with van der Waals surface area (Å²) in [5.41, 5.74) is 2.56. The first-order chi connectivity index (χ1) is 5.72. The molecule has 1 aromatic rings. The van der Waals surface area contributed by atoms with E-state index < -0.39 is 0 Å². The number of rotatable bonds is 0. The van der Waals surface area contributed by atoms with Crippen molar-refractivity contribution in [3.05, 3.63) is 42.3 Å². The largest absolute Gasteiger partial charge is 0.330 e. The molecule has 0 saturated carbocycles. The monoisotopic (exact) mass is 248 g/mol. The number of hydrogen-bond donors (Lipinski definition) is 0. The third kappa shape index (κ3) is 8.15. The first kappa shape index (κ1) is 15.3. The number of aryl methyl sites for hydroxylation is 2. The molecule has 13 heavy (non-hydrogen) atoms. The Morgan fingerprint density at radius 1 is 1.54 bits per heavy atom. The van der Waals surface area contributed by atoms with Gasteiger partial charge in [0.15, 0.2) is 0 Å². The topological polar surface area (TPSA) is 23.8 Å². The van der Waals surface area contributed by atoms with Crippen molar-refractivity contribution in [3.63, 3.8) is 0 Å². The van der Waals surface area contributed by atoms with Gasteiger partial charge in [0, 0.05) is 38.8 Å². The minimum absolute atomic E-state index is 0. The van der Waals surface area contributed by atoms with Crippen molar-refractivity contribution in [2.45, 2.75) is 20.3 Å². The van der Waals surface area contributed by atoms with Gasteiger partial charge in [0.25, 0.3) is 0 Å². The molecule has 0 aliphatic carbocycles. The van der Waals surface area contributed by atoms with Crippen molar-refractivity contribution < 1.29 is 32.7 Å². The van der Waals surface area contributed by atoms with Gasteiger partial charge in [-0.15, -0.1) is 0 Å². The molecule has 0 heterocycles. The van der Waals surface area contributed by atoms with Gasteiger partial charge < -0.3 is 6.92 Å². The quantitative estimate of drug-likeness (QED) is 0.647. The number of benzene rings is 1. The van der Waals surface area contributed by atoms with Crippen molar-refractivity contribution in [2.75, 3.05) is 0 Å². The minimum Gasteiger partial charge on any atom is -0.330 e. The maximum absolute atomic E-state index is 7.56. The molecule has 1 radical (unpaired) electrons. The van der Waals surface area contributed by atoms with E-state index in [9.17, 15) is 0 Å². The van der Waals surface area contributed by atoms with Crippen molar-refractivity contribution in [2.24, 2.45) is 0 Å². The summed E-state index contributed by atoms with van der Waals surface area (Å²) in [7, 11) is 0. The summed E-state index contributed by atoms with van der Waals surface area (Å²) in [6.45, 7) is 7.40. The van der Waals surface area contributed by atoms with E-state index in [1.807, 2.05) is 18.2 Å². The van der Waals surface area contributed by atoms with E-state index in [1.165, 1.54) is 11.1 Å². The maximum Gasteiger partial charge on any atom is 0.0292 e. The van der Waals surface area contributed by atoms with Crippen LogP contribution in [0.1, 0.15) is 17.5 Å². The molecule has 67 valence electrons. The Bertz CT molecular complexity index is 242. The molecule has 0 N–H and O–H groups in total. The van der Waals surface area contributed by atoms with Gasteiger partial charge in [-0.25, -0.2) is 5.26 Å². The predicted molar refractivity (Wildman–Crippen MR) is 50.3 cm³/mol. The van der Waals surface area contributed by atoms with Gasteiger partial charge in [0.1, 0.15) is 0 Å². The number of nitrogens with zero attached hydrogens (tertiary/aromatic N) is 1. The summed E-state index contributed by atoms with van der Waals surface area (Å²) in [5, 5.41) is 7.56. The fourth-order valence-electron chi connectivity index (χ4n) is 0.604. The molecule has 0 aromatic heterocycles. The molecule has 0 aliphatic heterocycles. The van der Waals surface area contributed by atoms with Crippen molar-refractivity contribution >= 4 is 0 Å². The van der Waals surface area contributed by atoms with E-state index in [2.05, 4.69) is 32.9 Å². The van der Waals surface area contributed by atoms with Crippen LogP contribution in [0.2, 0.25) is 0 Å². The molecule has 0 saturated heterocycles. The first-order valence-corrected chi connectivity index (χ1v) is 3.82. The summed E-state index contributed by atoms with van der Waals surface area (Å²) in [6, 6.07) is 10.9. The zero-order chi connectivity index (χ0) is 9.40. The van der Waals surface area contributed by atoms with E-state index in [0.717, 1.165) is 0 Å². The molecule has 0 amide bonds. The van der Waals surface area contributed by atoms with E-state index in [-0.39, 0.29) is 32.7 Å². The van der Waals surface area contributed by atoms with Crippen LogP contribution in [0.4, 0.5) is 0 Å². The molecule has 0 bridgehead atoms. The third-order valence-corrected chi connectivity index (χ3v) is 1.45. The molecule has 1 rings (SSSR count). The summed E-state index contributed by atoms with van der Waals surface area (Å²) in [4.78, 5) is 0. The molecule has 0 unspecified atom stereocenters. The molecule has 0 spiro atoms. The van der Waals surface area contributed by atoms with Gasteiger partial charge in [-0.3, -0.25) is 0 Å². The van der Waals surface area contributed by atoms with Crippen LogP contribution in [0.15, 0.2) is 18.2 Å². The Balaban J connectivity index is 0. The van der Waals surface area contributed by atoms with E-state index >= 15 is 0 Å². The van der Waals surface area contributed by atoms with Gasteiger partial charge in [-0.05, 0) is 0 Å². The predicted octanol–water partition coefficient (Wildman–Crippen LogP) is 2.84. The van der Waals surface area contributed by atoms with Crippen LogP contribution in [-0.4, -0.2) is 0 Å². The van der Waals surface area contributed by atoms with E-state index in [0.29, 0.717) is 6.42 Å². The SMILES string of the molecule is Cc1[c-]cccc1C.[CH2-]CC#N.[Y]. The van der Waals surface area contributed by atoms with Crippen LogP contribution in [0, 0.1) is 38.2 Å². The van der Waals surface area contributed by atoms with Crippen LogP contribution in [-0.2, 0) is 32.7 Å². The fourth-order valence-corrected chi connectivity index (χ4v) is 0.604. The van der Waals surface area contributed by atoms with Crippen LogP contribution < -0.4 is 0 Å². The van der Waals surface area contributed by atoms with E-state index in [4.69, 9.17) is 5.26 Å². The second-order valence-corrected chi connectivity index (χ2v) is 2.39. The summed E-state index contributed by atoms with van der Waals surface area (Å²) >= 11 is 0. The van der Waals surface area contributed by atoms with Crippen LogP contribution in [0.3, 0.4) is 0 Å². The van der Waals surface area contributed by atoms with Crippen molar-refractivity contribution in [1.29, 1.82) is 5.26 Å². The second-order valence-electron chi connectivity index (χ2n) is 2.39. The average molecular weight is 248 g/mol. The molecule has 1 nitrogen and oxygen atoms in total. The summed E-state index contributed by atoms with van der Waals surface area (Å²) < 4.78 is 0. The van der Waals surface area contributed by atoms with Crippen molar-refractivity contribution in [3.8, 4) is 6.07 Å². The van der Waals surface area contributed by atoms with Gasteiger partial charge >= 0.3 is 0 Å². The molecule has 0 atom stereocenters. The Labute approximate surface area is 106 Å². The van der Waals surface area contributed by atoms with Crippen LogP contribution >= 0.6 is 0 Å². The molecule has 0 fully saturated rings. The Kier molecular flexibility index (Phi) is 11.6. The molecule has 2 heteroatoms. The Hall–Kier alpha value is -0.186. The summed E-state index contributed by atoms with van der Waals surface area (Å²) in [6.07, 6.45) is 0.375. The van der Waals surface area contributed by atoms with E-state index in [1.54, 1.807) is 0 Å². The zero-order valence-corrected chi connectivity index (χ0v) is 11.0. The first-order valence-electron chi connectivity index (χ1n) is 3.82. The number of nitriles is 1. The average Bonchev–Trinajstić information content (AvgIpc) is 2.11. The molecule has 1 aromatic carbocycles. The molecular weight excluding hydrogens is 235 g/mol. The third-order valence-electron chi connectivity index (χ3n) is 1.45. The molecule has 0 aliphatic rings. The summed E-state index contributed by atoms with van der Waals surface area (Å²) in [5.74, 6) is 0. The van der Waals surface area contributed by atoms with Gasteiger partial charge in [0.05, 0.1) is 0 Å². The van der Waals surface area contributed by atoms with Gasteiger partial charge in [-0.1, -0.05) is 20.3 Å². The van der Waals surface area contributed by atoms with Crippen LogP contribution in [0.25, 0.3) is 0 Å². The standard InChI is InChI=1S/C8H9.C3H4N.Y/c1-7-5-3-4-6-8(7)2;1-2-3-4;/h3-5H,1-2H3;1-2H2;/q2*-1;.